The standard InChI is InChI=1S/C34H47NO6/c1-29(2)11-13-34(28(38)40-8)14-12-33(6)26(22(34)17-29)23(36)15-25-30(3)16-21(18-35)27(37)31(4,19-41-20-39-7)24(30)9-10-32(25,33)5/h15-16,22,24,26H,9-14,17,19-20H2,1-8H3/t22?,24?,26?,30-,31-,32+,33+,34-/m0/s1. The van der Waals surface area contributed by atoms with Crippen molar-refractivity contribution in [1.82, 2.24) is 0 Å². The van der Waals surface area contributed by atoms with Crippen LogP contribution < -0.4 is 0 Å². The Kier molecular flexibility index (Phi) is 7.07. The third-order valence-corrected chi connectivity index (χ3v) is 12.9. The quantitative estimate of drug-likeness (QED) is 0.230. The van der Waals surface area contributed by atoms with Crippen LogP contribution in [-0.4, -0.2) is 45.2 Å². The maximum absolute atomic E-state index is 14.5. The number of ketones is 2. The van der Waals surface area contributed by atoms with E-state index in [0.717, 1.165) is 44.1 Å². The molecule has 41 heavy (non-hydrogen) atoms. The van der Waals surface area contributed by atoms with Gasteiger partial charge in [-0.25, -0.2) is 0 Å². The first-order chi connectivity index (χ1) is 19.1. The third-order valence-electron chi connectivity index (χ3n) is 12.9. The number of Topliss-reactive ketones (excluding diaryl/α,β-unsaturated/α-hetero) is 1. The number of nitriles is 1. The number of hydrogen-bond donors (Lipinski definition) is 0. The Morgan fingerprint density at radius 2 is 1.71 bits per heavy atom. The lowest BCUT2D eigenvalue weighted by Crippen LogP contribution is -2.66. The van der Waals surface area contributed by atoms with E-state index in [0.29, 0.717) is 6.42 Å². The van der Waals surface area contributed by atoms with Gasteiger partial charge in [0.1, 0.15) is 12.9 Å². The first-order valence-corrected chi connectivity index (χ1v) is 15.2. The van der Waals surface area contributed by atoms with E-state index in [9.17, 15) is 19.6 Å². The van der Waals surface area contributed by atoms with Gasteiger partial charge in [0.15, 0.2) is 11.6 Å². The highest BCUT2D eigenvalue weighted by Crippen LogP contribution is 2.74. The highest BCUT2D eigenvalue weighted by Gasteiger charge is 2.71. The molecule has 7 nitrogen and oxygen atoms in total. The van der Waals surface area contributed by atoms with Crippen molar-refractivity contribution < 1.29 is 28.6 Å². The number of esters is 1. The normalized spacial score (nSPS) is 44.7. The van der Waals surface area contributed by atoms with Crippen molar-refractivity contribution in [2.75, 3.05) is 27.6 Å². The lowest BCUT2D eigenvalue weighted by atomic mass is 9.34. The molecule has 8 atom stereocenters. The molecule has 0 aromatic carbocycles. The minimum Gasteiger partial charge on any atom is -0.469 e. The zero-order valence-corrected chi connectivity index (χ0v) is 26.1. The average Bonchev–Trinajstić information content (AvgIpc) is 2.91. The lowest BCUT2D eigenvalue weighted by Gasteiger charge is -2.68. The molecule has 0 N–H and O–H groups in total. The van der Waals surface area contributed by atoms with Crippen LogP contribution in [0.3, 0.4) is 0 Å². The molecule has 0 bridgehead atoms. The Bertz CT molecular complexity index is 1270. The topological polar surface area (TPSA) is 103 Å². The predicted molar refractivity (Wildman–Crippen MR) is 153 cm³/mol. The number of carbonyl (C=O) groups excluding carboxylic acids is 3. The summed E-state index contributed by atoms with van der Waals surface area (Å²) in [5, 5.41) is 10.1. The molecule has 0 amide bonds. The van der Waals surface area contributed by atoms with E-state index in [4.69, 9.17) is 14.2 Å². The first kappa shape index (κ1) is 30.2. The Labute approximate surface area is 245 Å². The summed E-state index contributed by atoms with van der Waals surface area (Å²) in [6.45, 7) is 13.3. The summed E-state index contributed by atoms with van der Waals surface area (Å²) in [5.74, 6) is -0.781. The summed E-state index contributed by atoms with van der Waals surface area (Å²) in [4.78, 5) is 41.7. The molecule has 3 fully saturated rings. The fraction of sp³-hybridized carbons (Fsp3) is 0.765. The molecule has 5 rings (SSSR count). The van der Waals surface area contributed by atoms with Crippen LogP contribution in [0, 0.1) is 61.6 Å². The van der Waals surface area contributed by atoms with Crippen LogP contribution in [0.1, 0.15) is 86.5 Å². The van der Waals surface area contributed by atoms with Crippen molar-refractivity contribution in [3.63, 3.8) is 0 Å². The summed E-state index contributed by atoms with van der Waals surface area (Å²) in [5.41, 5.74) is -1.72. The van der Waals surface area contributed by atoms with E-state index in [1.165, 1.54) is 7.11 Å². The third kappa shape index (κ3) is 3.92. The smallest absolute Gasteiger partial charge is 0.312 e. The largest absolute Gasteiger partial charge is 0.469 e. The fourth-order valence-corrected chi connectivity index (χ4v) is 10.5. The fourth-order valence-electron chi connectivity index (χ4n) is 10.5. The van der Waals surface area contributed by atoms with Crippen LogP contribution in [0.25, 0.3) is 0 Å². The van der Waals surface area contributed by atoms with Gasteiger partial charge < -0.3 is 14.2 Å². The van der Waals surface area contributed by atoms with Crippen LogP contribution in [-0.2, 0) is 28.6 Å². The van der Waals surface area contributed by atoms with Gasteiger partial charge in [0.2, 0.25) is 0 Å². The van der Waals surface area contributed by atoms with Gasteiger partial charge in [-0.05, 0) is 86.0 Å². The van der Waals surface area contributed by atoms with Crippen LogP contribution >= 0.6 is 0 Å². The molecule has 0 aromatic rings. The van der Waals surface area contributed by atoms with Crippen molar-refractivity contribution in [2.24, 2.45) is 50.2 Å². The molecule has 0 spiro atoms. The maximum Gasteiger partial charge on any atom is 0.312 e. The van der Waals surface area contributed by atoms with E-state index in [2.05, 4.69) is 40.7 Å². The lowest BCUT2D eigenvalue weighted by molar-refractivity contribution is -0.191. The number of hydrogen-bond acceptors (Lipinski definition) is 7. The van der Waals surface area contributed by atoms with Gasteiger partial charge in [-0.2, -0.15) is 5.26 Å². The van der Waals surface area contributed by atoms with Gasteiger partial charge in [0.25, 0.3) is 0 Å². The second kappa shape index (κ2) is 9.61. The number of nitrogens with zero attached hydrogens (tertiary/aromatic N) is 1. The minimum absolute atomic E-state index is 0.0352. The summed E-state index contributed by atoms with van der Waals surface area (Å²) < 4.78 is 16.3. The predicted octanol–water partition coefficient (Wildman–Crippen LogP) is 5.98. The molecule has 5 aliphatic carbocycles. The molecule has 0 aliphatic heterocycles. The van der Waals surface area contributed by atoms with Gasteiger partial charge in [-0.15, -0.1) is 0 Å². The zero-order chi connectivity index (χ0) is 30.2. The van der Waals surface area contributed by atoms with E-state index < -0.39 is 16.2 Å². The molecule has 3 unspecified atom stereocenters. The Morgan fingerprint density at radius 3 is 2.34 bits per heavy atom. The van der Waals surface area contributed by atoms with Crippen molar-refractivity contribution in [2.45, 2.75) is 86.5 Å². The molecular formula is C34H47NO6. The van der Waals surface area contributed by atoms with Gasteiger partial charge in [0.05, 0.1) is 30.1 Å². The number of methoxy groups -OCH3 is 2. The maximum atomic E-state index is 14.5. The van der Waals surface area contributed by atoms with Crippen LogP contribution in [0.5, 0.6) is 0 Å². The average molecular weight is 566 g/mol. The Balaban J connectivity index is 1.66. The number of fused-ring (bicyclic) bond motifs is 7. The first-order valence-electron chi connectivity index (χ1n) is 15.2. The summed E-state index contributed by atoms with van der Waals surface area (Å²) >= 11 is 0. The number of allylic oxidation sites excluding steroid dienone is 4. The van der Waals surface area contributed by atoms with Gasteiger partial charge in [0, 0.05) is 18.4 Å². The van der Waals surface area contributed by atoms with Crippen molar-refractivity contribution in [3.8, 4) is 6.07 Å². The minimum atomic E-state index is -0.921. The van der Waals surface area contributed by atoms with E-state index >= 15 is 0 Å². The Hall–Kier alpha value is -2.30. The molecule has 7 heteroatoms. The molecule has 224 valence electrons. The zero-order valence-electron chi connectivity index (χ0n) is 26.1. The van der Waals surface area contributed by atoms with Crippen molar-refractivity contribution in [3.05, 3.63) is 23.3 Å². The number of carbonyl (C=O) groups is 3. The molecule has 0 heterocycles. The molecule has 0 aromatic heterocycles. The monoisotopic (exact) mass is 565 g/mol. The van der Waals surface area contributed by atoms with Crippen LogP contribution in [0.2, 0.25) is 0 Å². The van der Waals surface area contributed by atoms with Gasteiger partial charge >= 0.3 is 5.97 Å². The van der Waals surface area contributed by atoms with Crippen molar-refractivity contribution in [1.29, 1.82) is 5.26 Å². The Morgan fingerprint density at radius 1 is 1.02 bits per heavy atom. The second-order valence-corrected chi connectivity index (χ2v) is 15.4. The summed E-state index contributed by atoms with van der Waals surface area (Å²) in [6.07, 6.45) is 9.28. The number of rotatable bonds is 5. The second-order valence-electron chi connectivity index (χ2n) is 15.4. The summed E-state index contributed by atoms with van der Waals surface area (Å²) in [6, 6.07) is 2.17. The van der Waals surface area contributed by atoms with E-state index in [1.54, 1.807) is 7.11 Å². The van der Waals surface area contributed by atoms with Gasteiger partial charge in [-0.3, -0.25) is 14.4 Å². The molecule has 3 saturated carbocycles. The van der Waals surface area contributed by atoms with Crippen LogP contribution in [0.4, 0.5) is 0 Å². The highest BCUT2D eigenvalue weighted by molar-refractivity contribution is 6.05. The summed E-state index contributed by atoms with van der Waals surface area (Å²) in [7, 11) is 3.02. The van der Waals surface area contributed by atoms with Crippen LogP contribution in [0.15, 0.2) is 23.3 Å². The number of ether oxygens (including phenoxy) is 3. The van der Waals surface area contributed by atoms with Gasteiger partial charge in [-0.1, -0.05) is 46.3 Å². The van der Waals surface area contributed by atoms with E-state index in [-0.39, 0.29) is 70.5 Å². The van der Waals surface area contributed by atoms with Crippen molar-refractivity contribution >= 4 is 17.5 Å². The SMILES string of the molecule is COCOC[C@]1(C)C(=O)C(C#N)=C[C@]2(C)C3=CC(=O)C4C5CC(C)(C)CC[C@]5(C(=O)OC)CC[C@@]4(C)[C@]3(C)CCC21. The molecular weight excluding hydrogens is 518 g/mol. The highest BCUT2D eigenvalue weighted by atomic mass is 16.7. The van der Waals surface area contributed by atoms with E-state index in [1.807, 2.05) is 19.1 Å². The molecule has 0 saturated heterocycles. The molecule has 0 radical (unpaired) electrons. The molecule has 5 aliphatic rings.